The van der Waals surface area contributed by atoms with E-state index >= 15 is 0 Å². The maximum absolute atomic E-state index is 12.4. The number of ether oxygens (including phenoxy) is 1. The van der Waals surface area contributed by atoms with Gasteiger partial charge in [0.2, 0.25) is 0 Å². The molecule has 0 bridgehead atoms. The van der Waals surface area contributed by atoms with Crippen LogP contribution in [0.5, 0.6) is 0 Å². The van der Waals surface area contributed by atoms with Gasteiger partial charge in [-0.3, -0.25) is 4.79 Å². The van der Waals surface area contributed by atoms with Crippen LogP contribution in [-0.4, -0.2) is 47.9 Å². The standard InChI is InChI=1S/C18H27N3O3/c22-15(12-24-11-13-7-8-13)10-20-18(23)16-6-3-9-19-17(16)21-14-4-1-2-5-14/h3,6,9,13-15,22H,1-2,4-5,7-8,10-12H2,(H,19,21)(H,20,23)/t15-/m0/s1. The summed E-state index contributed by atoms with van der Waals surface area (Å²) < 4.78 is 5.44. The number of aliphatic hydroxyl groups is 1. The van der Waals surface area contributed by atoms with Gasteiger partial charge in [-0.25, -0.2) is 4.98 Å². The topological polar surface area (TPSA) is 83.5 Å². The summed E-state index contributed by atoms with van der Waals surface area (Å²) in [6, 6.07) is 3.91. The number of pyridine rings is 1. The summed E-state index contributed by atoms with van der Waals surface area (Å²) in [5.74, 6) is 1.08. The summed E-state index contributed by atoms with van der Waals surface area (Å²) in [6.45, 7) is 1.15. The lowest BCUT2D eigenvalue weighted by Gasteiger charge is -2.16. The lowest BCUT2D eigenvalue weighted by molar-refractivity contribution is 0.0321. The Balaban J connectivity index is 1.46. The number of carbonyl (C=O) groups is 1. The Labute approximate surface area is 143 Å². The fourth-order valence-electron chi connectivity index (χ4n) is 2.99. The van der Waals surface area contributed by atoms with Crippen molar-refractivity contribution in [2.24, 2.45) is 5.92 Å². The van der Waals surface area contributed by atoms with E-state index in [-0.39, 0.29) is 19.1 Å². The highest BCUT2D eigenvalue weighted by atomic mass is 16.5. The Bertz CT molecular complexity index is 542. The van der Waals surface area contributed by atoms with E-state index in [2.05, 4.69) is 15.6 Å². The molecule has 0 aromatic carbocycles. The maximum Gasteiger partial charge on any atom is 0.255 e. The van der Waals surface area contributed by atoms with E-state index in [0.29, 0.717) is 29.9 Å². The van der Waals surface area contributed by atoms with Crippen LogP contribution in [0.25, 0.3) is 0 Å². The number of carbonyl (C=O) groups excluding carboxylic acids is 1. The van der Waals surface area contributed by atoms with Crippen LogP contribution in [0.1, 0.15) is 48.9 Å². The molecule has 0 unspecified atom stereocenters. The predicted molar refractivity (Wildman–Crippen MR) is 92.0 cm³/mol. The number of amides is 1. The molecule has 0 saturated heterocycles. The van der Waals surface area contributed by atoms with Gasteiger partial charge in [-0.15, -0.1) is 0 Å². The second-order valence-corrected chi connectivity index (χ2v) is 6.87. The second kappa shape index (κ2) is 8.44. The van der Waals surface area contributed by atoms with Crippen molar-refractivity contribution in [3.05, 3.63) is 23.9 Å². The molecular weight excluding hydrogens is 306 g/mol. The number of rotatable bonds is 9. The van der Waals surface area contributed by atoms with Crippen LogP contribution in [0, 0.1) is 5.92 Å². The third kappa shape index (κ3) is 5.18. The molecule has 0 radical (unpaired) electrons. The number of hydrogen-bond acceptors (Lipinski definition) is 5. The van der Waals surface area contributed by atoms with Gasteiger partial charge in [0.05, 0.1) is 18.3 Å². The molecule has 2 saturated carbocycles. The zero-order valence-corrected chi connectivity index (χ0v) is 14.0. The molecule has 0 spiro atoms. The van der Waals surface area contributed by atoms with E-state index in [9.17, 15) is 9.90 Å². The van der Waals surface area contributed by atoms with Crippen molar-refractivity contribution in [3.63, 3.8) is 0 Å². The third-order valence-corrected chi connectivity index (χ3v) is 4.61. The highest BCUT2D eigenvalue weighted by Crippen LogP contribution is 2.28. The molecule has 1 amide bonds. The zero-order chi connectivity index (χ0) is 16.8. The molecule has 1 aromatic rings. The summed E-state index contributed by atoms with van der Waals surface area (Å²) in [5.41, 5.74) is 0.524. The summed E-state index contributed by atoms with van der Waals surface area (Å²) in [5, 5.41) is 16.0. The van der Waals surface area contributed by atoms with Crippen LogP contribution in [0.2, 0.25) is 0 Å². The minimum atomic E-state index is -0.685. The van der Waals surface area contributed by atoms with E-state index in [1.165, 1.54) is 25.7 Å². The van der Waals surface area contributed by atoms with Crippen molar-refractivity contribution in [1.82, 2.24) is 10.3 Å². The van der Waals surface area contributed by atoms with Gasteiger partial charge in [-0.1, -0.05) is 12.8 Å². The molecule has 1 aromatic heterocycles. The summed E-state index contributed by atoms with van der Waals surface area (Å²) in [6.07, 6.45) is 8.14. The molecule has 6 nitrogen and oxygen atoms in total. The van der Waals surface area contributed by atoms with Crippen LogP contribution in [0.3, 0.4) is 0 Å². The first-order valence-electron chi connectivity index (χ1n) is 8.98. The van der Waals surface area contributed by atoms with Crippen LogP contribution < -0.4 is 10.6 Å². The third-order valence-electron chi connectivity index (χ3n) is 4.61. The van der Waals surface area contributed by atoms with Gasteiger partial charge in [-0.05, 0) is 43.7 Å². The molecule has 6 heteroatoms. The van der Waals surface area contributed by atoms with Gasteiger partial charge < -0.3 is 20.5 Å². The van der Waals surface area contributed by atoms with Crippen LogP contribution >= 0.6 is 0 Å². The van der Waals surface area contributed by atoms with Crippen LogP contribution in [-0.2, 0) is 4.74 Å². The minimum absolute atomic E-state index is 0.182. The molecule has 2 aliphatic rings. The molecule has 0 aliphatic heterocycles. The van der Waals surface area contributed by atoms with Crippen molar-refractivity contribution in [2.75, 3.05) is 25.1 Å². The van der Waals surface area contributed by atoms with E-state index in [0.717, 1.165) is 12.8 Å². The Hall–Kier alpha value is -1.66. The lowest BCUT2D eigenvalue weighted by atomic mass is 10.2. The molecule has 132 valence electrons. The van der Waals surface area contributed by atoms with Crippen LogP contribution in [0.4, 0.5) is 5.82 Å². The molecule has 3 rings (SSSR count). The Kier molecular flexibility index (Phi) is 6.04. The molecule has 1 heterocycles. The SMILES string of the molecule is O=C(NC[C@H](O)COCC1CC1)c1cccnc1NC1CCCC1. The van der Waals surface area contributed by atoms with Gasteiger partial charge in [0.1, 0.15) is 5.82 Å². The van der Waals surface area contributed by atoms with Crippen molar-refractivity contribution in [2.45, 2.75) is 50.7 Å². The fraction of sp³-hybridized carbons (Fsp3) is 0.667. The first-order chi connectivity index (χ1) is 11.7. The van der Waals surface area contributed by atoms with E-state index in [4.69, 9.17) is 4.74 Å². The van der Waals surface area contributed by atoms with Gasteiger partial charge in [0.15, 0.2) is 0 Å². The molecule has 2 aliphatic carbocycles. The number of aromatic nitrogens is 1. The van der Waals surface area contributed by atoms with Crippen LogP contribution in [0.15, 0.2) is 18.3 Å². The number of anilines is 1. The minimum Gasteiger partial charge on any atom is -0.389 e. The second-order valence-electron chi connectivity index (χ2n) is 6.87. The largest absolute Gasteiger partial charge is 0.389 e. The van der Waals surface area contributed by atoms with E-state index in [1.54, 1.807) is 18.3 Å². The average Bonchev–Trinajstić information content (AvgIpc) is 3.27. The molecular formula is C18H27N3O3. The number of nitrogens with zero attached hydrogens (tertiary/aromatic N) is 1. The first kappa shape index (κ1) is 17.2. The van der Waals surface area contributed by atoms with Crippen molar-refractivity contribution in [1.29, 1.82) is 0 Å². The zero-order valence-electron chi connectivity index (χ0n) is 14.0. The summed E-state index contributed by atoms with van der Waals surface area (Å²) >= 11 is 0. The normalized spacial score (nSPS) is 19.2. The van der Waals surface area contributed by atoms with Gasteiger partial charge >= 0.3 is 0 Å². The molecule has 1 atom stereocenters. The Morgan fingerprint density at radius 1 is 1.33 bits per heavy atom. The summed E-state index contributed by atoms with van der Waals surface area (Å²) in [4.78, 5) is 16.7. The van der Waals surface area contributed by atoms with Crippen molar-refractivity contribution >= 4 is 11.7 Å². The molecule has 24 heavy (non-hydrogen) atoms. The van der Waals surface area contributed by atoms with Gasteiger partial charge in [0.25, 0.3) is 5.91 Å². The highest BCUT2D eigenvalue weighted by molar-refractivity contribution is 5.98. The lowest BCUT2D eigenvalue weighted by Crippen LogP contribution is -2.35. The number of nitrogens with one attached hydrogen (secondary N) is 2. The Morgan fingerprint density at radius 3 is 2.88 bits per heavy atom. The predicted octanol–water partition coefficient (Wildman–Crippen LogP) is 1.95. The van der Waals surface area contributed by atoms with Crippen molar-refractivity contribution in [3.8, 4) is 0 Å². The van der Waals surface area contributed by atoms with Gasteiger partial charge in [0, 0.05) is 25.4 Å². The monoisotopic (exact) mass is 333 g/mol. The molecule has 2 fully saturated rings. The van der Waals surface area contributed by atoms with E-state index in [1.807, 2.05) is 0 Å². The average molecular weight is 333 g/mol. The smallest absolute Gasteiger partial charge is 0.255 e. The number of aliphatic hydroxyl groups excluding tert-OH is 1. The Morgan fingerprint density at radius 2 is 2.12 bits per heavy atom. The maximum atomic E-state index is 12.4. The quantitative estimate of drug-likeness (QED) is 0.643. The number of hydrogen-bond donors (Lipinski definition) is 3. The summed E-state index contributed by atoms with van der Waals surface area (Å²) in [7, 11) is 0. The fourth-order valence-corrected chi connectivity index (χ4v) is 2.99. The first-order valence-corrected chi connectivity index (χ1v) is 8.98. The highest BCUT2D eigenvalue weighted by Gasteiger charge is 2.22. The van der Waals surface area contributed by atoms with E-state index < -0.39 is 6.10 Å². The van der Waals surface area contributed by atoms with Crippen molar-refractivity contribution < 1.29 is 14.6 Å². The van der Waals surface area contributed by atoms with Gasteiger partial charge in [-0.2, -0.15) is 0 Å². The molecule has 3 N–H and O–H groups in total.